The zero-order valence-corrected chi connectivity index (χ0v) is 12.3. The first-order chi connectivity index (χ1) is 11.6. The van der Waals surface area contributed by atoms with Crippen LogP contribution in [0.3, 0.4) is 0 Å². The largest absolute Gasteiger partial charge is 0.285 e. The Labute approximate surface area is 135 Å². The van der Waals surface area contributed by atoms with Crippen molar-refractivity contribution < 1.29 is 18.8 Å². The lowest BCUT2D eigenvalue weighted by molar-refractivity contribution is -0.0955. The van der Waals surface area contributed by atoms with E-state index >= 15 is 0 Å². The average Bonchev–Trinajstić information content (AvgIpc) is 2.84. The number of carbonyl (C=O) groups excluding carboxylic acids is 2. The molecule has 2 amide bonds. The first-order valence-corrected chi connectivity index (χ1v) is 7.02. The van der Waals surface area contributed by atoms with Crippen LogP contribution < -0.4 is 0 Å². The Bertz CT molecular complexity index is 812. The molecule has 0 bridgehead atoms. The second kappa shape index (κ2) is 6.49. The van der Waals surface area contributed by atoms with Gasteiger partial charge in [0.2, 0.25) is 0 Å². The van der Waals surface area contributed by atoms with Crippen molar-refractivity contribution in [2.24, 2.45) is 5.11 Å². The molecule has 0 spiro atoms. The Balaban J connectivity index is 1.76. The van der Waals surface area contributed by atoms with Gasteiger partial charge in [0.1, 0.15) is 5.82 Å². The number of nitrogens with zero attached hydrogens (tertiary/aromatic N) is 4. The molecule has 0 aromatic heterocycles. The summed E-state index contributed by atoms with van der Waals surface area (Å²) in [6, 6.07) is 10.9. The van der Waals surface area contributed by atoms with E-state index in [0.29, 0.717) is 10.6 Å². The Kier molecular flexibility index (Phi) is 4.24. The van der Waals surface area contributed by atoms with Crippen LogP contribution in [0.2, 0.25) is 0 Å². The Morgan fingerprint density at radius 3 is 2.21 bits per heavy atom. The molecule has 2 aromatic rings. The average molecular weight is 326 g/mol. The van der Waals surface area contributed by atoms with Gasteiger partial charge >= 0.3 is 0 Å². The number of amides is 2. The van der Waals surface area contributed by atoms with Crippen molar-refractivity contribution in [1.82, 2.24) is 5.06 Å². The predicted molar refractivity (Wildman–Crippen MR) is 81.2 cm³/mol. The smallest absolute Gasteiger partial charge is 0.266 e. The van der Waals surface area contributed by atoms with Gasteiger partial charge in [0, 0.05) is 4.91 Å². The SMILES string of the molecule is [N-]=[N+]=NC(CON1C(=O)c2ccccc2C1=O)c1ccc(F)cc1. The summed E-state index contributed by atoms with van der Waals surface area (Å²) in [5.41, 5.74) is 9.69. The molecule has 1 aliphatic heterocycles. The van der Waals surface area contributed by atoms with Gasteiger partial charge < -0.3 is 0 Å². The predicted octanol–water partition coefficient (Wildman–Crippen LogP) is 3.40. The number of rotatable bonds is 5. The van der Waals surface area contributed by atoms with E-state index < -0.39 is 23.7 Å². The van der Waals surface area contributed by atoms with Gasteiger partial charge in [-0.3, -0.25) is 14.4 Å². The quantitative estimate of drug-likeness (QED) is 0.364. The van der Waals surface area contributed by atoms with Crippen molar-refractivity contribution in [2.75, 3.05) is 6.61 Å². The van der Waals surface area contributed by atoms with Crippen molar-refractivity contribution in [2.45, 2.75) is 6.04 Å². The number of imide groups is 1. The molecule has 8 heteroatoms. The molecule has 0 saturated carbocycles. The van der Waals surface area contributed by atoms with E-state index in [4.69, 9.17) is 10.4 Å². The minimum Gasteiger partial charge on any atom is -0.266 e. The summed E-state index contributed by atoms with van der Waals surface area (Å²) in [4.78, 5) is 32.4. The number of carbonyl (C=O) groups is 2. The minimum atomic E-state index is -0.806. The molecule has 3 rings (SSSR count). The summed E-state index contributed by atoms with van der Waals surface area (Å²) >= 11 is 0. The molecular weight excluding hydrogens is 315 g/mol. The van der Waals surface area contributed by atoms with Gasteiger partial charge in [-0.15, -0.1) is 5.06 Å². The zero-order valence-electron chi connectivity index (χ0n) is 12.3. The summed E-state index contributed by atoms with van der Waals surface area (Å²) in [5.74, 6) is -1.58. The van der Waals surface area contributed by atoms with E-state index in [1.165, 1.54) is 36.4 Å². The number of hydroxylamine groups is 2. The van der Waals surface area contributed by atoms with Gasteiger partial charge in [0.25, 0.3) is 11.8 Å². The fourth-order valence-electron chi connectivity index (χ4n) is 2.37. The number of benzene rings is 2. The van der Waals surface area contributed by atoms with Gasteiger partial charge in [-0.05, 0) is 35.4 Å². The van der Waals surface area contributed by atoms with Crippen LogP contribution >= 0.6 is 0 Å². The number of hydrogen-bond acceptors (Lipinski definition) is 4. The van der Waals surface area contributed by atoms with Crippen molar-refractivity contribution >= 4 is 11.8 Å². The maximum atomic E-state index is 13.0. The normalized spacial score (nSPS) is 14.3. The third kappa shape index (κ3) is 2.83. The molecular formula is C16H11FN4O3. The fraction of sp³-hybridized carbons (Fsp3) is 0.125. The minimum absolute atomic E-state index is 0.235. The van der Waals surface area contributed by atoms with Crippen molar-refractivity contribution in [1.29, 1.82) is 0 Å². The molecule has 2 aromatic carbocycles. The highest BCUT2D eigenvalue weighted by Crippen LogP contribution is 2.25. The fourth-order valence-corrected chi connectivity index (χ4v) is 2.37. The molecule has 0 radical (unpaired) electrons. The molecule has 0 fully saturated rings. The third-order valence-electron chi connectivity index (χ3n) is 3.56. The van der Waals surface area contributed by atoms with E-state index in [2.05, 4.69) is 10.0 Å². The Morgan fingerprint density at radius 2 is 1.67 bits per heavy atom. The van der Waals surface area contributed by atoms with Crippen LogP contribution in [0.15, 0.2) is 53.6 Å². The standard InChI is InChI=1S/C16H11FN4O3/c17-11-7-5-10(6-8-11)14(19-20-18)9-24-21-15(22)12-3-1-2-4-13(12)16(21)23/h1-8,14H,9H2. The van der Waals surface area contributed by atoms with Crippen LogP contribution in [0.5, 0.6) is 0 Å². The molecule has 0 aliphatic carbocycles. The lowest BCUT2D eigenvalue weighted by atomic mass is 10.1. The molecule has 120 valence electrons. The van der Waals surface area contributed by atoms with Gasteiger partial charge in [-0.25, -0.2) is 4.39 Å². The lowest BCUT2D eigenvalue weighted by Crippen LogP contribution is -2.31. The Hall–Kier alpha value is -3.22. The van der Waals surface area contributed by atoms with Gasteiger partial charge in [0.05, 0.1) is 23.8 Å². The van der Waals surface area contributed by atoms with Crippen LogP contribution in [-0.4, -0.2) is 23.5 Å². The molecule has 1 heterocycles. The van der Waals surface area contributed by atoms with E-state index in [1.54, 1.807) is 12.1 Å². The highest BCUT2D eigenvalue weighted by molar-refractivity contribution is 6.20. The molecule has 1 atom stereocenters. The maximum Gasteiger partial charge on any atom is 0.285 e. The highest BCUT2D eigenvalue weighted by atomic mass is 19.1. The summed E-state index contributed by atoms with van der Waals surface area (Å²) in [6.45, 7) is -0.235. The highest BCUT2D eigenvalue weighted by Gasteiger charge is 2.36. The second-order valence-corrected chi connectivity index (χ2v) is 5.02. The van der Waals surface area contributed by atoms with Crippen LogP contribution in [0.4, 0.5) is 4.39 Å². The van der Waals surface area contributed by atoms with Crippen LogP contribution in [0.25, 0.3) is 10.4 Å². The molecule has 24 heavy (non-hydrogen) atoms. The topological polar surface area (TPSA) is 95.4 Å². The summed E-state index contributed by atoms with van der Waals surface area (Å²) in [7, 11) is 0. The van der Waals surface area contributed by atoms with Crippen LogP contribution in [0, 0.1) is 5.82 Å². The van der Waals surface area contributed by atoms with Crippen molar-refractivity contribution in [3.8, 4) is 0 Å². The number of halogens is 1. The van der Waals surface area contributed by atoms with Crippen molar-refractivity contribution in [3.63, 3.8) is 0 Å². The van der Waals surface area contributed by atoms with E-state index in [-0.39, 0.29) is 17.7 Å². The van der Waals surface area contributed by atoms with E-state index in [1.807, 2.05) is 0 Å². The third-order valence-corrected chi connectivity index (χ3v) is 3.56. The first-order valence-electron chi connectivity index (χ1n) is 7.02. The zero-order chi connectivity index (χ0) is 17.1. The molecule has 0 N–H and O–H groups in total. The van der Waals surface area contributed by atoms with Crippen LogP contribution in [0.1, 0.15) is 32.3 Å². The first kappa shape index (κ1) is 15.7. The lowest BCUT2D eigenvalue weighted by Gasteiger charge is -2.17. The number of azide groups is 1. The molecule has 1 aliphatic rings. The summed E-state index contributed by atoms with van der Waals surface area (Å²) in [5, 5.41) is 4.21. The summed E-state index contributed by atoms with van der Waals surface area (Å²) in [6.07, 6.45) is 0. The van der Waals surface area contributed by atoms with E-state index in [0.717, 1.165) is 0 Å². The van der Waals surface area contributed by atoms with Gasteiger partial charge in [-0.2, -0.15) is 0 Å². The van der Waals surface area contributed by atoms with Crippen LogP contribution in [-0.2, 0) is 4.84 Å². The number of fused-ring (bicyclic) bond motifs is 1. The van der Waals surface area contributed by atoms with Crippen molar-refractivity contribution in [3.05, 3.63) is 81.5 Å². The monoisotopic (exact) mass is 326 g/mol. The molecule has 7 nitrogen and oxygen atoms in total. The number of hydrogen-bond donors (Lipinski definition) is 0. The maximum absolute atomic E-state index is 13.0. The molecule has 1 unspecified atom stereocenters. The van der Waals surface area contributed by atoms with Gasteiger partial charge in [0.15, 0.2) is 0 Å². The second-order valence-electron chi connectivity index (χ2n) is 5.02. The Morgan fingerprint density at radius 1 is 1.08 bits per heavy atom. The molecule has 0 saturated heterocycles. The summed E-state index contributed by atoms with van der Waals surface area (Å²) < 4.78 is 13.0. The van der Waals surface area contributed by atoms with Gasteiger partial charge in [-0.1, -0.05) is 29.4 Å². The van der Waals surface area contributed by atoms with E-state index in [9.17, 15) is 14.0 Å².